The topological polar surface area (TPSA) is 104 Å². The number of pyridine rings is 1. The molecule has 0 aliphatic carbocycles. The van der Waals surface area contributed by atoms with E-state index in [0.717, 1.165) is 23.3 Å². The number of carbonyl (C=O) groups is 1. The molecule has 2 heterocycles. The van der Waals surface area contributed by atoms with Crippen LogP contribution in [-0.4, -0.2) is 50.5 Å². The second kappa shape index (κ2) is 12.3. The molecule has 0 saturated carbocycles. The van der Waals surface area contributed by atoms with Crippen molar-refractivity contribution in [2.75, 3.05) is 13.2 Å². The molecule has 42 heavy (non-hydrogen) atoms. The molecule has 0 saturated heterocycles. The van der Waals surface area contributed by atoms with Gasteiger partial charge in [0.05, 0.1) is 6.54 Å². The molecule has 0 radical (unpaired) electrons. The van der Waals surface area contributed by atoms with Crippen LogP contribution in [0.3, 0.4) is 0 Å². The van der Waals surface area contributed by atoms with Gasteiger partial charge in [-0.2, -0.15) is 22.0 Å². The van der Waals surface area contributed by atoms with Crippen molar-refractivity contribution in [2.24, 2.45) is 0 Å². The van der Waals surface area contributed by atoms with Crippen LogP contribution in [0.25, 0.3) is 11.1 Å². The number of nitrogens with one attached hydrogen (secondary N) is 1. The smallest absolute Gasteiger partial charge is 0.422 e. The molecule has 0 aliphatic heterocycles. The van der Waals surface area contributed by atoms with Crippen molar-refractivity contribution in [3.8, 4) is 16.9 Å². The van der Waals surface area contributed by atoms with Gasteiger partial charge in [0.2, 0.25) is 5.60 Å². The molecule has 222 valence electrons. The first-order chi connectivity index (χ1) is 19.8. The molecule has 2 aromatic heterocycles. The average molecular weight is 619 g/mol. The third-order valence-electron chi connectivity index (χ3n) is 5.82. The number of nitrogens with zero attached hydrogens (tertiary/aromatic N) is 5. The molecule has 4 aromatic rings. The van der Waals surface area contributed by atoms with Crippen LogP contribution in [0, 0.1) is 11.6 Å². The van der Waals surface area contributed by atoms with Gasteiger partial charge in [0.25, 0.3) is 0 Å². The van der Waals surface area contributed by atoms with Gasteiger partial charge in [0.1, 0.15) is 35.9 Å². The Balaban J connectivity index is 1.75. The number of rotatable bonds is 11. The van der Waals surface area contributed by atoms with Crippen molar-refractivity contribution in [2.45, 2.75) is 24.2 Å². The number of tetrazole rings is 1. The highest BCUT2D eigenvalue weighted by Gasteiger charge is 2.62. The molecule has 0 amide bonds. The predicted molar refractivity (Wildman–Crippen MR) is 131 cm³/mol. The lowest BCUT2D eigenvalue weighted by atomic mass is 9.84. The summed E-state index contributed by atoms with van der Waals surface area (Å²) in [6.07, 6.45) is -2.59. The summed E-state index contributed by atoms with van der Waals surface area (Å²) in [4.78, 5) is 18.3. The molecule has 0 aliphatic rings. The molecule has 1 unspecified atom stereocenters. The molecular weight excluding hydrogens is 601 g/mol. The minimum Gasteiger partial charge on any atom is -0.484 e. The van der Waals surface area contributed by atoms with Gasteiger partial charge >= 0.3 is 18.1 Å². The number of halogens is 8. The third-order valence-corrected chi connectivity index (χ3v) is 5.96. The Morgan fingerprint density at radius 2 is 1.69 bits per heavy atom. The summed E-state index contributed by atoms with van der Waals surface area (Å²) in [7, 11) is 0. The summed E-state index contributed by atoms with van der Waals surface area (Å²) in [5.74, 6) is -8.26. The van der Waals surface area contributed by atoms with Gasteiger partial charge < -0.3 is 9.47 Å². The van der Waals surface area contributed by atoms with E-state index in [1.54, 1.807) is 0 Å². The van der Waals surface area contributed by atoms with Crippen LogP contribution >= 0.6 is 11.8 Å². The summed E-state index contributed by atoms with van der Waals surface area (Å²) in [5.41, 5.74) is -4.44. The van der Waals surface area contributed by atoms with Crippen molar-refractivity contribution in [1.82, 2.24) is 30.0 Å². The Labute approximate surface area is 237 Å². The Kier molecular flexibility index (Phi) is 8.96. The van der Waals surface area contributed by atoms with E-state index < -0.39 is 66.3 Å². The number of ether oxygens (including phenoxy) is 2. The summed E-state index contributed by atoms with van der Waals surface area (Å²) >= 11 is 5.35. The highest BCUT2D eigenvalue weighted by Crippen LogP contribution is 2.49. The van der Waals surface area contributed by atoms with Crippen molar-refractivity contribution >= 4 is 17.7 Å². The van der Waals surface area contributed by atoms with Crippen LogP contribution in [0.4, 0.5) is 30.7 Å². The SMILES string of the molecule is O=C(CNCl)OC(Cn1cnnn1)(c1ccc(F)cc1F)C(F)(F)c1ccc(-c2ccc(OCC(F)(F)F)cc2)cn1. The maximum Gasteiger partial charge on any atom is 0.422 e. The second-order valence-corrected chi connectivity index (χ2v) is 8.95. The first-order valence-electron chi connectivity index (χ1n) is 11.7. The number of hydrogen-bond donors (Lipinski definition) is 1. The Morgan fingerprint density at radius 1 is 0.976 bits per heavy atom. The molecule has 0 spiro atoms. The van der Waals surface area contributed by atoms with Crippen molar-refractivity contribution in [3.05, 3.63) is 90.0 Å². The number of hydrogen-bond acceptors (Lipinski definition) is 8. The molecule has 1 N–H and O–H groups in total. The van der Waals surface area contributed by atoms with Crippen LogP contribution in [-0.2, 0) is 27.6 Å². The van der Waals surface area contributed by atoms with Crippen molar-refractivity contribution < 1.29 is 45.0 Å². The van der Waals surface area contributed by atoms with Crippen LogP contribution < -0.4 is 9.57 Å². The maximum absolute atomic E-state index is 16.6. The molecular formula is C25H18ClF7N6O3. The van der Waals surface area contributed by atoms with E-state index in [2.05, 4.69) is 25.2 Å². The highest BCUT2D eigenvalue weighted by molar-refractivity contribution is 6.14. The zero-order valence-corrected chi connectivity index (χ0v) is 21.7. The largest absolute Gasteiger partial charge is 0.484 e. The Bertz CT molecular complexity index is 1510. The van der Waals surface area contributed by atoms with Gasteiger partial charge in [-0.25, -0.2) is 18.3 Å². The van der Waals surface area contributed by atoms with E-state index in [1.165, 1.54) is 30.3 Å². The number of benzene rings is 2. The van der Waals surface area contributed by atoms with Crippen LogP contribution in [0.15, 0.2) is 67.1 Å². The van der Waals surface area contributed by atoms with Gasteiger partial charge in [-0.3, -0.25) is 9.78 Å². The monoisotopic (exact) mass is 618 g/mol. The summed E-state index contributed by atoms with van der Waals surface area (Å²) in [5, 5.41) is 10.2. The minimum absolute atomic E-state index is 0.0749. The van der Waals surface area contributed by atoms with E-state index in [0.29, 0.717) is 23.8 Å². The molecule has 0 bridgehead atoms. The zero-order valence-electron chi connectivity index (χ0n) is 21.0. The first-order valence-corrected chi connectivity index (χ1v) is 12.1. The fourth-order valence-electron chi connectivity index (χ4n) is 3.95. The lowest BCUT2D eigenvalue weighted by molar-refractivity contribution is -0.231. The summed E-state index contributed by atoms with van der Waals surface area (Å²) < 4.78 is 110. The van der Waals surface area contributed by atoms with Crippen molar-refractivity contribution in [3.63, 3.8) is 0 Å². The fourth-order valence-corrected chi connectivity index (χ4v) is 4.06. The predicted octanol–water partition coefficient (Wildman–Crippen LogP) is 4.93. The molecule has 2 aromatic carbocycles. The van der Waals surface area contributed by atoms with Crippen molar-refractivity contribution in [1.29, 1.82) is 0 Å². The summed E-state index contributed by atoms with van der Waals surface area (Å²) in [6, 6.07) is 9.11. The highest BCUT2D eigenvalue weighted by atomic mass is 35.5. The summed E-state index contributed by atoms with van der Waals surface area (Å²) in [6.45, 7) is -3.30. The minimum atomic E-state index is -4.53. The Hall–Kier alpha value is -4.31. The number of carbonyl (C=O) groups excluding carboxylic acids is 1. The van der Waals surface area contributed by atoms with E-state index in [1.807, 2.05) is 4.84 Å². The molecule has 0 fully saturated rings. The normalized spacial score (nSPS) is 13.4. The van der Waals surface area contributed by atoms with E-state index in [4.69, 9.17) is 16.5 Å². The zero-order chi connectivity index (χ0) is 30.5. The van der Waals surface area contributed by atoms with E-state index in [9.17, 15) is 22.4 Å². The van der Waals surface area contributed by atoms with Crippen LogP contribution in [0.1, 0.15) is 11.3 Å². The van der Waals surface area contributed by atoms with Gasteiger partial charge in [0, 0.05) is 23.4 Å². The van der Waals surface area contributed by atoms with E-state index >= 15 is 13.2 Å². The van der Waals surface area contributed by atoms with Gasteiger partial charge in [0.15, 0.2) is 6.61 Å². The van der Waals surface area contributed by atoms with Crippen LogP contribution in [0.5, 0.6) is 5.75 Å². The first kappa shape index (κ1) is 30.6. The quantitative estimate of drug-likeness (QED) is 0.143. The number of aromatic nitrogens is 5. The number of esters is 1. The van der Waals surface area contributed by atoms with Gasteiger partial charge in [-0.1, -0.05) is 18.2 Å². The molecule has 17 heteroatoms. The standard InChI is InChI=1S/C25H18ClF7N6O3/c26-35-11-22(40)42-23(12-39-14-36-37-38-39,19-7-4-17(27)9-20(19)28)25(32,33)21-8-3-16(10-34-21)15-1-5-18(6-2-15)41-13-24(29,30)31/h1-10,14,35H,11-13H2. The van der Waals surface area contributed by atoms with Gasteiger partial charge in [-0.05, 0) is 58.1 Å². The van der Waals surface area contributed by atoms with E-state index in [-0.39, 0.29) is 11.3 Å². The number of alkyl halides is 5. The third kappa shape index (κ3) is 6.76. The molecule has 4 rings (SSSR count). The Morgan fingerprint density at radius 3 is 2.26 bits per heavy atom. The average Bonchev–Trinajstić information content (AvgIpc) is 3.44. The molecule has 9 nitrogen and oxygen atoms in total. The second-order valence-electron chi connectivity index (χ2n) is 8.68. The van der Waals surface area contributed by atoms with Crippen LogP contribution in [0.2, 0.25) is 0 Å². The lowest BCUT2D eigenvalue weighted by Crippen LogP contribution is -2.52. The maximum atomic E-state index is 16.6. The fraction of sp³-hybridized carbons (Fsp3) is 0.240. The molecule has 1 atom stereocenters. The lowest BCUT2D eigenvalue weighted by Gasteiger charge is -2.39. The van der Waals surface area contributed by atoms with Gasteiger partial charge in [-0.15, -0.1) is 5.10 Å².